The topological polar surface area (TPSA) is 70.6 Å². The highest BCUT2D eigenvalue weighted by molar-refractivity contribution is 5.90. The van der Waals surface area contributed by atoms with Gasteiger partial charge in [0.05, 0.1) is 11.3 Å². The molecule has 22 heavy (non-hydrogen) atoms. The second kappa shape index (κ2) is 6.87. The van der Waals surface area contributed by atoms with Crippen LogP contribution in [0.2, 0.25) is 0 Å². The van der Waals surface area contributed by atoms with Crippen molar-refractivity contribution in [1.29, 1.82) is 0 Å². The van der Waals surface area contributed by atoms with Gasteiger partial charge in [0.15, 0.2) is 5.75 Å². The lowest BCUT2D eigenvalue weighted by molar-refractivity contribution is -0.274. The minimum atomic E-state index is -4.85. The van der Waals surface area contributed by atoms with Gasteiger partial charge in [0.25, 0.3) is 0 Å². The van der Waals surface area contributed by atoms with Gasteiger partial charge in [-0.05, 0) is 25.0 Å². The van der Waals surface area contributed by atoms with Gasteiger partial charge in [-0.15, -0.1) is 13.2 Å². The Kier molecular flexibility index (Phi) is 5.65. The Morgan fingerprint density at radius 1 is 1.32 bits per heavy atom. The summed E-state index contributed by atoms with van der Waals surface area (Å²) < 4.78 is 40.6. The van der Waals surface area contributed by atoms with E-state index >= 15 is 0 Å². The number of alkyl halides is 3. The van der Waals surface area contributed by atoms with Crippen molar-refractivity contribution in [3.05, 3.63) is 24.3 Å². The molecule has 1 aromatic carbocycles. The van der Waals surface area contributed by atoms with Gasteiger partial charge in [-0.2, -0.15) is 0 Å². The molecule has 2 amide bonds. The van der Waals surface area contributed by atoms with E-state index in [0.717, 1.165) is 6.07 Å². The first kappa shape index (κ1) is 18.1. The molecule has 0 aliphatic carbocycles. The molecular weight excluding hydrogens is 301 g/mol. The van der Waals surface area contributed by atoms with Crippen LogP contribution in [0.3, 0.4) is 0 Å². The Morgan fingerprint density at radius 3 is 2.45 bits per heavy atom. The minimum Gasteiger partial charge on any atom is -0.404 e. The molecule has 1 atom stereocenters. The van der Waals surface area contributed by atoms with E-state index in [9.17, 15) is 23.1 Å². The van der Waals surface area contributed by atoms with Gasteiger partial charge in [0.2, 0.25) is 0 Å². The Bertz CT molecular complexity index is 516. The van der Waals surface area contributed by atoms with Gasteiger partial charge in [0, 0.05) is 6.54 Å². The molecule has 0 spiro atoms. The number of anilines is 1. The highest BCUT2D eigenvalue weighted by atomic mass is 19.4. The van der Waals surface area contributed by atoms with Crippen LogP contribution < -0.4 is 15.4 Å². The van der Waals surface area contributed by atoms with Crippen molar-refractivity contribution in [1.82, 2.24) is 5.32 Å². The van der Waals surface area contributed by atoms with Crippen molar-refractivity contribution >= 4 is 11.7 Å². The number of hydrogen-bond donors (Lipinski definition) is 3. The molecule has 1 aromatic rings. The third-order valence-corrected chi connectivity index (χ3v) is 3.21. The third kappa shape index (κ3) is 5.80. The van der Waals surface area contributed by atoms with E-state index in [4.69, 9.17) is 0 Å². The summed E-state index contributed by atoms with van der Waals surface area (Å²) in [4.78, 5) is 11.7. The monoisotopic (exact) mass is 320 g/mol. The first-order valence-electron chi connectivity index (χ1n) is 6.63. The molecule has 0 bridgehead atoms. The van der Waals surface area contributed by atoms with Crippen molar-refractivity contribution in [3.8, 4) is 5.75 Å². The lowest BCUT2D eigenvalue weighted by Crippen LogP contribution is -2.45. The number of para-hydroxylation sites is 2. The molecule has 0 aliphatic rings. The van der Waals surface area contributed by atoms with Crippen molar-refractivity contribution in [2.75, 3.05) is 11.9 Å². The highest BCUT2D eigenvalue weighted by Gasteiger charge is 2.32. The summed E-state index contributed by atoms with van der Waals surface area (Å²) in [5.41, 5.74) is -1.25. The molecule has 1 rings (SSSR count). The van der Waals surface area contributed by atoms with Crippen LogP contribution in [-0.4, -0.2) is 29.6 Å². The van der Waals surface area contributed by atoms with Crippen LogP contribution in [0.15, 0.2) is 24.3 Å². The van der Waals surface area contributed by atoms with E-state index in [-0.39, 0.29) is 18.2 Å². The predicted octanol–water partition coefficient (Wildman–Crippen LogP) is 3.11. The Balaban J connectivity index is 2.69. The summed E-state index contributed by atoms with van der Waals surface area (Å²) in [6.07, 6.45) is -4.85. The zero-order chi connectivity index (χ0) is 17.0. The summed E-state index contributed by atoms with van der Waals surface area (Å²) >= 11 is 0. The number of rotatable bonds is 5. The van der Waals surface area contributed by atoms with Crippen LogP contribution in [0, 0.1) is 5.92 Å². The number of amides is 2. The van der Waals surface area contributed by atoms with Gasteiger partial charge in [-0.1, -0.05) is 26.0 Å². The number of hydrogen-bond acceptors (Lipinski definition) is 3. The normalized spacial score (nSPS) is 14.4. The number of carbonyl (C=O) groups excluding carboxylic acids is 1. The maximum Gasteiger partial charge on any atom is 0.573 e. The number of halogens is 3. The molecule has 0 saturated carbocycles. The van der Waals surface area contributed by atoms with Crippen LogP contribution in [0.25, 0.3) is 0 Å². The van der Waals surface area contributed by atoms with Gasteiger partial charge in [0.1, 0.15) is 0 Å². The van der Waals surface area contributed by atoms with Crippen LogP contribution in [0.1, 0.15) is 20.8 Å². The molecule has 0 aromatic heterocycles. The molecule has 124 valence electrons. The molecular formula is C14H19F3N2O3. The van der Waals surface area contributed by atoms with Gasteiger partial charge in [-0.25, -0.2) is 4.79 Å². The molecule has 8 heteroatoms. The molecule has 0 radical (unpaired) electrons. The van der Waals surface area contributed by atoms with Crippen molar-refractivity contribution < 1.29 is 27.8 Å². The van der Waals surface area contributed by atoms with Crippen LogP contribution >= 0.6 is 0 Å². The van der Waals surface area contributed by atoms with Crippen LogP contribution in [-0.2, 0) is 0 Å². The maximum atomic E-state index is 12.3. The Morgan fingerprint density at radius 2 is 1.91 bits per heavy atom. The molecule has 0 aliphatic heterocycles. The van der Waals surface area contributed by atoms with Crippen LogP contribution in [0.5, 0.6) is 5.75 Å². The summed E-state index contributed by atoms with van der Waals surface area (Å²) in [5, 5.41) is 14.7. The van der Waals surface area contributed by atoms with Crippen molar-refractivity contribution in [2.45, 2.75) is 32.7 Å². The SMILES string of the molecule is CC(C)C(C)(O)CNC(=O)Nc1ccccc1OC(F)(F)F. The summed E-state index contributed by atoms with van der Waals surface area (Å²) in [6, 6.07) is 4.45. The molecule has 0 heterocycles. The minimum absolute atomic E-state index is 0.0429. The highest BCUT2D eigenvalue weighted by Crippen LogP contribution is 2.29. The van der Waals surface area contributed by atoms with E-state index in [1.165, 1.54) is 18.2 Å². The molecule has 0 fully saturated rings. The largest absolute Gasteiger partial charge is 0.573 e. The lowest BCUT2D eigenvalue weighted by atomic mass is 9.93. The average Bonchev–Trinajstić information content (AvgIpc) is 2.37. The first-order chi connectivity index (χ1) is 10.0. The Hall–Kier alpha value is -1.96. The van der Waals surface area contributed by atoms with Crippen molar-refractivity contribution in [3.63, 3.8) is 0 Å². The molecule has 3 N–H and O–H groups in total. The quantitative estimate of drug-likeness (QED) is 0.780. The van der Waals surface area contributed by atoms with Crippen molar-refractivity contribution in [2.24, 2.45) is 5.92 Å². The summed E-state index contributed by atoms with van der Waals surface area (Å²) in [6.45, 7) is 5.08. The second-order valence-electron chi connectivity index (χ2n) is 5.36. The molecule has 5 nitrogen and oxygen atoms in total. The lowest BCUT2D eigenvalue weighted by Gasteiger charge is -2.27. The predicted molar refractivity (Wildman–Crippen MR) is 75.6 cm³/mol. The number of urea groups is 1. The fourth-order valence-corrected chi connectivity index (χ4v) is 1.41. The average molecular weight is 320 g/mol. The fourth-order valence-electron chi connectivity index (χ4n) is 1.41. The second-order valence-corrected chi connectivity index (χ2v) is 5.36. The summed E-state index contributed by atoms with van der Waals surface area (Å²) in [7, 11) is 0. The molecule has 1 unspecified atom stereocenters. The van der Waals surface area contributed by atoms with Gasteiger partial charge < -0.3 is 20.5 Å². The van der Waals surface area contributed by atoms with Crippen LogP contribution in [0.4, 0.5) is 23.7 Å². The zero-order valence-corrected chi connectivity index (χ0v) is 12.5. The number of ether oxygens (including phenoxy) is 1. The number of benzene rings is 1. The van der Waals surface area contributed by atoms with Gasteiger partial charge >= 0.3 is 12.4 Å². The Labute approximate surface area is 126 Å². The van der Waals surface area contributed by atoms with Gasteiger partial charge in [-0.3, -0.25) is 0 Å². The van der Waals surface area contributed by atoms with E-state index < -0.39 is 23.7 Å². The number of aliphatic hydroxyl groups is 1. The van der Waals surface area contributed by atoms with E-state index in [1.54, 1.807) is 20.8 Å². The van der Waals surface area contributed by atoms with E-state index in [1.807, 2.05) is 0 Å². The first-order valence-corrected chi connectivity index (χ1v) is 6.63. The number of nitrogens with one attached hydrogen (secondary N) is 2. The third-order valence-electron chi connectivity index (χ3n) is 3.21. The summed E-state index contributed by atoms with van der Waals surface area (Å²) in [5.74, 6) is -0.616. The molecule has 0 saturated heterocycles. The number of carbonyl (C=O) groups is 1. The fraction of sp³-hybridized carbons (Fsp3) is 0.500. The van der Waals surface area contributed by atoms with E-state index in [0.29, 0.717) is 0 Å². The van der Waals surface area contributed by atoms with E-state index in [2.05, 4.69) is 15.4 Å². The zero-order valence-electron chi connectivity index (χ0n) is 12.5. The maximum absolute atomic E-state index is 12.3. The smallest absolute Gasteiger partial charge is 0.404 e. The standard InChI is InChI=1S/C14H19F3N2O3/c1-9(2)13(3,21)8-18-12(20)19-10-6-4-5-7-11(10)22-14(15,16)17/h4-7,9,21H,8H2,1-3H3,(H2,18,19,20).